The molecule has 4 heteroatoms. The van der Waals surface area contributed by atoms with Crippen molar-refractivity contribution in [2.24, 2.45) is 0 Å². The van der Waals surface area contributed by atoms with Crippen molar-refractivity contribution < 1.29 is 4.74 Å². The lowest BCUT2D eigenvalue weighted by atomic mass is 10.0. The van der Waals surface area contributed by atoms with Gasteiger partial charge in [0.15, 0.2) is 0 Å². The van der Waals surface area contributed by atoms with Crippen LogP contribution in [0.2, 0.25) is 0 Å². The van der Waals surface area contributed by atoms with Crippen LogP contribution in [-0.2, 0) is 11.2 Å². The van der Waals surface area contributed by atoms with Gasteiger partial charge in [-0.05, 0) is 66.0 Å². The first-order valence-electron chi connectivity index (χ1n) is 6.86. The molecule has 0 aliphatic carbocycles. The molecule has 1 saturated heterocycles. The van der Waals surface area contributed by atoms with Crippen molar-refractivity contribution >= 4 is 27.3 Å². The maximum absolute atomic E-state index is 5.76. The number of thiophene rings is 1. The molecule has 1 aromatic heterocycles. The van der Waals surface area contributed by atoms with Gasteiger partial charge in [-0.15, -0.1) is 11.3 Å². The number of hydrogen-bond acceptors (Lipinski definition) is 3. The van der Waals surface area contributed by atoms with Gasteiger partial charge in [-0.1, -0.05) is 6.92 Å². The Bertz CT molecular complexity index is 349. The van der Waals surface area contributed by atoms with E-state index in [0.717, 1.165) is 26.0 Å². The molecule has 2 atom stereocenters. The number of hydrogen-bond donors (Lipinski definition) is 1. The Morgan fingerprint density at radius 3 is 3.11 bits per heavy atom. The second-order valence-corrected chi connectivity index (χ2v) is 6.77. The van der Waals surface area contributed by atoms with Gasteiger partial charge >= 0.3 is 0 Å². The molecule has 1 aliphatic rings. The number of ether oxygens (including phenoxy) is 1. The molecule has 2 rings (SSSR count). The van der Waals surface area contributed by atoms with E-state index in [1.54, 1.807) is 0 Å². The minimum Gasteiger partial charge on any atom is -0.378 e. The zero-order valence-corrected chi connectivity index (χ0v) is 13.4. The monoisotopic (exact) mass is 331 g/mol. The Hall–Kier alpha value is 0.1000. The Balaban J connectivity index is 1.89. The van der Waals surface area contributed by atoms with Crippen molar-refractivity contribution in [3.8, 4) is 0 Å². The molecule has 0 amide bonds. The van der Waals surface area contributed by atoms with Crippen molar-refractivity contribution in [2.75, 3.05) is 13.2 Å². The Kier molecular flexibility index (Phi) is 6.15. The Labute approximate surface area is 122 Å². The molecular weight excluding hydrogens is 310 g/mol. The fourth-order valence-electron chi connectivity index (χ4n) is 2.43. The zero-order chi connectivity index (χ0) is 12.8. The van der Waals surface area contributed by atoms with Crippen LogP contribution in [0.25, 0.3) is 0 Å². The van der Waals surface area contributed by atoms with E-state index < -0.39 is 0 Å². The molecule has 18 heavy (non-hydrogen) atoms. The highest BCUT2D eigenvalue weighted by atomic mass is 79.9. The van der Waals surface area contributed by atoms with Crippen LogP contribution in [0.3, 0.4) is 0 Å². The van der Waals surface area contributed by atoms with Gasteiger partial charge in [-0.2, -0.15) is 0 Å². The summed E-state index contributed by atoms with van der Waals surface area (Å²) < 4.78 is 7.02. The highest BCUT2D eigenvalue weighted by molar-refractivity contribution is 9.10. The van der Waals surface area contributed by atoms with Crippen LogP contribution >= 0.6 is 27.3 Å². The van der Waals surface area contributed by atoms with E-state index in [1.807, 2.05) is 11.3 Å². The fourth-order valence-corrected chi connectivity index (χ4v) is 4.03. The third-order valence-corrected chi connectivity index (χ3v) is 5.33. The normalized spacial score (nSPS) is 21.3. The van der Waals surface area contributed by atoms with Crippen molar-refractivity contribution in [3.05, 3.63) is 20.8 Å². The first kappa shape index (κ1) is 14.5. The van der Waals surface area contributed by atoms with E-state index in [0.29, 0.717) is 12.1 Å². The first-order valence-corrected chi connectivity index (χ1v) is 8.53. The van der Waals surface area contributed by atoms with Crippen LogP contribution in [0.5, 0.6) is 0 Å². The number of rotatable bonds is 7. The SMILES string of the molecule is CCCNC(Cc1sccc1Br)CC1CCCO1. The minimum atomic E-state index is 0.470. The van der Waals surface area contributed by atoms with Crippen LogP contribution in [0, 0.1) is 0 Å². The van der Waals surface area contributed by atoms with Crippen LogP contribution in [0.1, 0.15) is 37.5 Å². The lowest BCUT2D eigenvalue weighted by Crippen LogP contribution is -2.34. The number of halogens is 1. The second-order valence-electron chi connectivity index (χ2n) is 4.92. The summed E-state index contributed by atoms with van der Waals surface area (Å²) in [5.74, 6) is 0. The summed E-state index contributed by atoms with van der Waals surface area (Å²) in [6.07, 6.45) is 6.37. The van der Waals surface area contributed by atoms with Gasteiger partial charge < -0.3 is 10.1 Å². The first-order chi connectivity index (χ1) is 8.79. The average molecular weight is 332 g/mol. The summed E-state index contributed by atoms with van der Waals surface area (Å²) in [7, 11) is 0. The predicted octanol–water partition coefficient (Wildman–Crippen LogP) is 3.99. The highest BCUT2D eigenvalue weighted by Gasteiger charge is 2.21. The standard InChI is InChI=1S/C14H22BrNOS/c1-2-6-16-11(9-12-4-3-7-17-12)10-14-13(15)5-8-18-14/h5,8,11-12,16H,2-4,6-7,9-10H2,1H3. The van der Waals surface area contributed by atoms with Crippen LogP contribution in [0.4, 0.5) is 0 Å². The molecule has 1 fully saturated rings. The van der Waals surface area contributed by atoms with Crippen LogP contribution in [-0.4, -0.2) is 25.3 Å². The van der Waals surface area contributed by atoms with Gasteiger partial charge in [0.2, 0.25) is 0 Å². The van der Waals surface area contributed by atoms with E-state index in [2.05, 4.69) is 39.6 Å². The predicted molar refractivity (Wildman–Crippen MR) is 81.4 cm³/mol. The Morgan fingerprint density at radius 2 is 2.50 bits per heavy atom. The lowest BCUT2D eigenvalue weighted by Gasteiger charge is -2.21. The molecule has 2 unspecified atom stereocenters. The van der Waals surface area contributed by atoms with Gasteiger partial charge in [-0.3, -0.25) is 0 Å². The van der Waals surface area contributed by atoms with E-state index in [4.69, 9.17) is 4.74 Å². The van der Waals surface area contributed by atoms with Crippen LogP contribution < -0.4 is 5.32 Å². The smallest absolute Gasteiger partial charge is 0.0590 e. The lowest BCUT2D eigenvalue weighted by molar-refractivity contribution is 0.0946. The third kappa shape index (κ3) is 4.34. The third-order valence-electron chi connectivity index (χ3n) is 3.38. The molecule has 2 heterocycles. The van der Waals surface area contributed by atoms with Gasteiger partial charge in [0, 0.05) is 22.0 Å². The summed E-state index contributed by atoms with van der Waals surface area (Å²) in [4.78, 5) is 1.45. The fraction of sp³-hybridized carbons (Fsp3) is 0.714. The summed E-state index contributed by atoms with van der Waals surface area (Å²) in [6.45, 7) is 4.27. The van der Waals surface area contributed by atoms with Crippen molar-refractivity contribution in [2.45, 2.75) is 51.2 Å². The molecule has 0 aromatic carbocycles. The minimum absolute atomic E-state index is 0.470. The topological polar surface area (TPSA) is 21.3 Å². The molecule has 2 nitrogen and oxygen atoms in total. The van der Waals surface area contributed by atoms with Gasteiger partial charge in [0.1, 0.15) is 0 Å². The van der Waals surface area contributed by atoms with E-state index in [-0.39, 0.29) is 0 Å². The maximum atomic E-state index is 5.76. The van der Waals surface area contributed by atoms with Crippen molar-refractivity contribution in [1.29, 1.82) is 0 Å². The average Bonchev–Trinajstić information content (AvgIpc) is 2.99. The van der Waals surface area contributed by atoms with Crippen molar-refractivity contribution in [3.63, 3.8) is 0 Å². The molecule has 0 saturated carbocycles. The molecule has 102 valence electrons. The van der Waals surface area contributed by atoms with E-state index >= 15 is 0 Å². The van der Waals surface area contributed by atoms with Gasteiger partial charge in [-0.25, -0.2) is 0 Å². The molecule has 0 spiro atoms. The zero-order valence-electron chi connectivity index (χ0n) is 11.0. The summed E-state index contributed by atoms with van der Waals surface area (Å²) in [5, 5.41) is 5.82. The highest BCUT2D eigenvalue weighted by Crippen LogP contribution is 2.26. The molecular formula is C14H22BrNOS. The van der Waals surface area contributed by atoms with Gasteiger partial charge in [0.25, 0.3) is 0 Å². The Morgan fingerprint density at radius 1 is 1.61 bits per heavy atom. The quantitative estimate of drug-likeness (QED) is 0.815. The molecule has 1 N–H and O–H groups in total. The largest absolute Gasteiger partial charge is 0.378 e. The summed E-state index contributed by atoms with van der Waals surface area (Å²) in [6, 6.07) is 2.69. The second kappa shape index (κ2) is 7.63. The molecule has 1 aliphatic heterocycles. The summed E-state index contributed by atoms with van der Waals surface area (Å²) >= 11 is 5.47. The van der Waals surface area contributed by atoms with Crippen LogP contribution in [0.15, 0.2) is 15.9 Å². The number of nitrogens with one attached hydrogen (secondary N) is 1. The molecule has 0 radical (unpaired) electrons. The van der Waals surface area contributed by atoms with E-state index in [1.165, 1.54) is 28.6 Å². The van der Waals surface area contributed by atoms with Crippen molar-refractivity contribution in [1.82, 2.24) is 5.32 Å². The molecule has 0 bridgehead atoms. The van der Waals surface area contributed by atoms with Gasteiger partial charge in [0.05, 0.1) is 6.10 Å². The summed E-state index contributed by atoms with van der Waals surface area (Å²) in [5.41, 5.74) is 0. The maximum Gasteiger partial charge on any atom is 0.0590 e. The van der Waals surface area contributed by atoms with E-state index in [9.17, 15) is 0 Å². The molecule has 1 aromatic rings.